The molecule has 0 saturated heterocycles. The highest BCUT2D eigenvalue weighted by Gasteiger charge is 2.14. The third kappa shape index (κ3) is 3.04. The van der Waals surface area contributed by atoms with Crippen LogP contribution in [0, 0.1) is 0 Å². The van der Waals surface area contributed by atoms with Crippen molar-refractivity contribution in [2.24, 2.45) is 0 Å². The summed E-state index contributed by atoms with van der Waals surface area (Å²) < 4.78 is -0.144. The third-order valence-corrected chi connectivity index (χ3v) is 2.85. The Morgan fingerprint density at radius 2 is 1.57 bits per heavy atom. The Hall–Kier alpha value is 0.0800. The van der Waals surface area contributed by atoms with E-state index in [0.29, 0.717) is 10.6 Å². The molecular weight excluding hydrogens is 266 g/mol. The molecule has 5 heteroatoms. The largest absolute Gasteiger partial charge is 0.383 e. The van der Waals surface area contributed by atoms with Crippen LogP contribution in [0.15, 0.2) is 33.8 Å². The van der Waals surface area contributed by atoms with E-state index >= 15 is 0 Å². The number of rotatable bonds is 2. The minimum Gasteiger partial charge on any atom is -0.383 e. The first-order valence-corrected chi connectivity index (χ1v) is 5.17. The first-order valence-electron chi connectivity index (χ1n) is 3.66. The number of aliphatic hydroxyl groups excluding tert-OH is 1. The van der Waals surface area contributed by atoms with Crippen molar-refractivity contribution in [3.8, 4) is 0 Å². The quantitative estimate of drug-likeness (QED) is 0.852. The first-order chi connectivity index (χ1) is 6.52. The van der Waals surface area contributed by atoms with Gasteiger partial charge in [-0.3, -0.25) is 0 Å². The lowest BCUT2D eigenvalue weighted by atomic mass is 10.1. The van der Waals surface area contributed by atoms with E-state index in [0.717, 1.165) is 0 Å². The Bertz CT molecular complexity index is 340. The molecule has 0 amide bonds. The van der Waals surface area contributed by atoms with Crippen LogP contribution in [0.25, 0.3) is 0 Å². The van der Waals surface area contributed by atoms with Crippen molar-refractivity contribution in [2.75, 3.05) is 0 Å². The number of aliphatic hydroxyl groups is 1. The molecule has 0 aliphatic heterocycles. The lowest BCUT2D eigenvalue weighted by Gasteiger charge is -2.09. The molecule has 14 heavy (non-hydrogen) atoms. The van der Waals surface area contributed by atoms with Gasteiger partial charge >= 0.3 is 0 Å². The summed E-state index contributed by atoms with van der Waals surface area (Å²) in [5, 5.41) is 10.2. The van der Waals surface area contributed by atoms with Gasteiger partial charge in [0.2, 0.25) is 0 Å². The van der Waals surface area contributed by atoms with E-state index in [1.54, 1.807) is 24.3 Å². The Morgan fingerprint density at radius 3 is 2.00 bits per heavy atom. The zero-order chi connectivity index (χ0) is 10.7. The average molecular weight is 272 g/mol. The molecule has 1 unspecified atom stereocenters. The maximum Gasteiger partial charge on any atom is 0.124 e. The van der Waals surface area contributed by atoms with Gasteiger partial charge in [-0.2, -0.15) is 0 Å². The first kappa shape index (κ1) is 12.2. The monoisotopic (exact) mass is 270 g/mol. The van der Waals surface area contributed by atoms with Crippen molar-refractivity contribution in [2.45, 2.75) is 6.10 Å². The highest BCUT2D eigenvalue weighted by atomic mass is 35.5. The molecule has 1 nitrogen and oxygen atoms in total. The van der Waals surface area contributed by atoms with Crippen molar-refractivity contribution < 1.29 is 5.11 Å². The van der Waals surface area contributed by atoms with Crippen LogP contribution >= 0.6 is 46.4 Å². The molecule has 0 aromatic heterocycles. The second kappa shape index (κ2) is 5.24. The van der Waals surface area contributed by atoms with Crippen molar-refractivity contribution in [3.05, 3.63) is 44.4 Å². The fraction of sp³-hybridized carbons (Fsp3) is 0.111. The van der Waals surface area contributed by atoms with Gasteiger partial charge < -0.3 is 5.11 Å². The summed E-state index contributed by atoms with van der Waals surface area (Å²) in [7, 11) is 0. The van der Waals surface area contributed by atoms with Crippen LogP contribution < -0.4 is 0 Å². The molecule has 0 aliphatic carbocycles. The molecule has 0 bridgehead atoms. The van der Waals surface area contributed by atoms with Crippen molar-refractivity contribution in [1.29, 1.82) is 0 Å². The van der Waals surface area contributed by atoms with Gasteiger partial charge in [-0.15, -0.1) is 0 Å². The molecule has 1 atom stereocenters. The molecule has 1 rings (SSSR count). The summed E-state index contributed by atoms with van der Waals surface area (Å²) in [4.78, 5) is 0. The van der Waals surface area contributed by atoms with E-state index in [4.69, 9.17) is 46.4 Å². The van der Waals surface area contributed by atoms with Gasteiger partial charge in [0.1, 0.15) is 10.6 Å². The molecule has 0 heterocycles. The van der Waals surface area contributed by atoms with Crippen LogP contribution in [0.4, 0.5) is 0 Å². The van der Waals surface area contributed by atoms with E-state index in [2.05, 4.69) is 0 Å². The van der Waals surface area contributed by atoms with E-state index < -0.39 is 6.10 Å². The number of halogens is 4. The normalized spacial score (nSPS) is 12.4. The molecule has 1 N–H and O–H groups in total. The Morgan fingerprint density at radius 1 is 1.07 bits per heavy atom. The van der Waals surface area contributed by atoms with Gasteiger partial charge in [-0.1, -0.05) is 58.5 Å². The highest BCUT2D eigenvalue weighted by Crippen LogP contribution is 2.31. The summed E-state index contributed by atoms with van der Waals surface area (Å²) in [6.07, 6.45) is -1.01. The summed E-state index contributed by atoms with van der Waals surface area (Å²) in [5.74, 6) is 0. The van der Waals surface area contributed by atoms with E-state index in [9.17, 15) is 5.11 Å². The second-order valence-corrected chi connectivity index (χ2v) is 4.36. The van der Waals surface area contributed by atoms with E-state index in [-0.39, 0.29) is 9.52 Å². The van der Waals surface area contributed by atoms with Gasteiger partial charge in [0.25, 0.3) is 0 Å². The van der Waals surface area contributed by atoms with Crippen LogP contribution in [0.2, 0.25) is 5.02 Å². The summed E-state index contributed by atoms with van der Waals surface area (Å²) >= 11 is 22.2. The van der Waals surface area contributed by atoms with Gasteiger partial charge in [0, 0.05) is 5.02 Å². The number of benzene rings is 1. The lowest BCUT2D eigenvalue weighted by Crippen LogP contribution is -1.97. The van der Waals surface area contributed by atoms with Gasteiger partial charge in [-0.25, -0.2) is 0 Å². The van der Waals surface area contributed by atoms with E-state index in [1.165, 1.54) is 0 Å². The van der Waals surface area contributed by atoms with Crippen LogP contribution in [0.1, 0.15) is 11.7 Å². The topological polar surface area (TPSA) is 20.2 Å². The van der Waals surface area contributed by atoms with Gasteiger partial charge in [-0.05, 0) is 17.7 Å². The molecule has 0 fully saturated rings. The van der Waals surface area contributed by atoms with Crippen LogP contribution in [-0.2, 0) is 0 Å². The van der Waals surface area contributed by atoms with Crippen molar-refractivity contribution in [1.82, 2.24) is 0 Å². The third-order valence-electron chi connectivity index (χ3n) is 1.61. The Kier molecular flexibility index (Phi) is 4.55. The van der Waals surface area contributed by atoms with Crippen LogP contribution in [0.3, 0.4) is 0 Å². The van der Waals surface area contributed by atoms with Crippen molar-refractivity contribution >= 4 is 46.4 Å². The maximum absolute atomic E-state index is 9.65. The van der Waals surface area contributed by atoms with Gasteiger partial charge in [0.15, 0.2) is 0 Å². The summed E-state index contributed by atoms with van der Waals surface area (Å²) in [6, 6.07) is 6.58. The highest BCUT2D eigenvalue weighted by molar-refractivity contribution is 6.59. The molecule has 1 aromatic carbocycles. The molecule has 0 saturated carbocycles. The summed E-state index contributed by atoms with van der Waals surface area (Å²) in [6.45, 7) is 0. The van der Waals surface area contributed by atoms with Crippen LogP contribution in [0.5, 0.6) is 0 Å². The molecule has 0 radical (unpaired) electrons. The SMILES string of the molecule is OC(C(Cl)=C(Cl)Cl)c1ccc(Cl)cc1. The summed E-state index contributed by atoms with van der Waals surface area (Å²) in [5.41, 5.74) is 0.582. The lowest BCUT2D eigenvalue weighted by molar-refractivity contribution is 0.224. The average Bonchev–Trinajstić information content (AvgIpc) is 2.16. The molecule has 1 aromatic rings. The smallest absolute Gasteiger partial charge is 0.124 e. The molecule has 0 spiro atoms. The van der Waals surface area contributed by atoms with Crippen molar-refractivity contribution in [3.63, 3.8) is 0 Å². The van der Waals surface area contributed by atoms with Crippen LogP contribution in [-0.4, -0.2) is 5.11 Å². The minimum absolute atomic E-state index is 0.00402. The minimum atomic E-state index is -1.01. The van der Waals surface area contributed by atoms with E-state index in [1.807, 2.05) is 0 Å². The number of hydrogen-bond acceptors (Lipinski definition) is 1. The predicted octanol–water partition coefficient (Wildman–Crippen LogP) is 4.26. The van der Waals surface area contributed by atoms with Gasteiger partial charge in [0.05, 0.1) is 5.03 Å². The standard InChI is InChI=1S/C9H6Cl4O/c10-6-3-1-5(2-4-6)8(14)7(11)9(12)13/h1-4,8,14H. The maximum atomic E-state index is 9.65. The fourth-order valence-corrected chi connectivity index (χ4v) is 1.35. The molecular formula is C9H6Cl4O. The second-order valence-electron chi connectivity index (χ2n) is 2.56. The fourth-order valence-electron chi connectivity index (χ4n) is 0.895. The molecule has 76 valence electrons. The Labute approximate surface area is 102 Å². The Balaban J connectivity index is 2.96. The number of hydrogen-bond donors (Lipinski definition) is 1. The predicted molar refractivity (Wildman–Crippen MR) is 61.0 cm³/mol. The zero-order valence-electron chi connectivity index (χ0n) is 6.85. The zero-order valence-corrected chi connectivity index (χ0v) is 9.87. The molecule has 0 aliphatic rings.